The Morgan fingerprint density at radius 2 is 1.65 bits per heavy atom. The van der Waals surface area contributed by atoms with Gasteiger partial charge in [-0.3, -0.25) is 4.79 Å². The summed E-state index contributed by atoms with van der Waals surface area (Å²) >= 11 is 1.56. The highest BCUT2D eigenvalue weighted by Gasteiger charge is 2.10. The minimum atomic E-state index is -0.0700. The molecule has 4 rings (SSSR count). The van der Waals surface area contributed by atoms with Crippen LogP contribution in [0.5, 0.6) is 0 Å². The van der Waals surface area contributed by atoms with Gasteiger partial charge in [-0.05, 0) is 17.2 Å². The van der Waals surface area contributed by atoms with Crippen molar-refractivity contribution in [1.82, 2.24) is 9.97 Å². The molecule has 0 atom stereocenters. The van der Waals surface area contributed by atoms with E-state index in [0.29, 0.717) is 17.6 Å². The van der Waals surface area contributed by atoms with Crippen molar-refractivity contribution >= 4 is 21.6 Å². The highest BCUT2D eigenvalue weighted by atomic mass is 32.1. The fraction of sp³-hybridized carbons (Fsp3) is 0.0526. The molecule has 0 saturated heterocycles. The second-order valence-corrected chi connectivity index (χ2v) is 6.40. The van der Waals surface area contributed by atoms with Gasteiger partial charge in [0.05, 0.1) is 5.39 Å². The van der Waals surface area contributed by atoms with Crippen LogP contribution in [-0.2, 0) is 6.42 Å². The SMILES string of the molecule is O=c1[nH]c(Cc2ccccc2)nc2sc(-c3ccccc3)cc12. The average Bonchev–Trinajstić information content (AvgIpc) is 3.01. The van der Waals surface area contributed by atoms with Crippen LogP contribution in [0.2, 0.25) is 0 Å². The molecule has 3 nitrogen and oxygen atoms in total. The van der Waals surface area contributed by atoms with E-state index >= 15 is 0 Å². The lowest BCUT2D eigenvalue weighted by Crippen LogP contribution is -2.10. The van der Waals surface area contributed by atoms with Gasteiger partial charge in [0.15, 0.2) is 0 Å². The van der Waals surface area contributed by atoms with Crippen molar-refractivity contribution in [2.45, 2.75) is 6.42 Å². The molecule has 2 aromatic heterocycles. The van der Waals surface area contributed by atoms with E-state index in [-0.39, 0.29) is 5.56 Å². The van der Waals surface area contributed by atoms with Crippen LogP contribution in [-0.4, -0.2) is 9.97 Å². The van der Waals surface area contributed by atoms with Crippen molar-refractivity contribution < 1.29 is 0 Å². The first-order valence-corrected chi connectivity index (χ1v) is 8.23. The molecule has 0 bridgehead atoms. The van der Waals surface area contributed by atoms with E-state index in [2.05, 4.69) is 9.97 Å². The van der Waals surface area contributed by atoms with Gasteiger partial charge in [0.1, 0.15) is 10.7 Å². The largest absolute Gasteiger partial charge is 0.310 e. The van der Waals surface area contributed by atoms with E-state index in [0.717, 1.165) is 20.8 Å². The second-order valence-electron chi connectivity index (χ2n) is 5.37. The van der Waals surface area contributed by atoms with Crippen molar-refractivity contribution in [1.29, 1.82) is 0 Å². The van der Waals surface area contributed by atoms with E-state index in [1.54, 1.807) is 11.3 Å². The van der Waals surface area contributed by atoms with Gasteiger partial charge in [-0.25, -0.2) is 4.98 Å². The Morgan fingerprint density at radius 3 is 2.39 bits per heavy atom. The molecule has 0 spiro atoms. The first-order valence-electron chi connectivity index (χ1n) is 7.42. The summed E-state index contributed by atoms with van der Waals surface area (Å²) in [6, 6.07) is 22.0. The fourth-order valence-electron chi connectivity index (χ4n) is 2.59. The quantitative estimate of drug-likeness (QED) is 0.614. The van der Waals surface area contributed by atoms with Gasteiger partial charge in [-0.2, -0.15) is 0 Å². The number of rotatable bonds is 3. The summed E-state index contributed by atoms with van der Waals surface area (Å²) in [6.07, 6.45) is 0.630. The number of nitrogens with zero attached hydrogens (tertiary/aromatic N) is 1. The number of hydrogen-bond donors (Lipinski definition) is 1. The third kappa shape index (κ3) is 2.81. The zero-order valence-corrected chi connectivity index (χ0v) is 13.1. The molecule has 0 aliphatic heterocycles. The standard InChI is InChI=1S/C19H14N2OS/c22-18-15-12-16(14-9-5-2-6-10-14)23-19(15)21-17(20-18)11-13-7-3-1-4-8-13/h1-10,12H,11H2,(H,20,21,22). The summed E-state index contributed by atoms with van der Waals surface area (Å²) in [5.41, 5.74) is 2.17. The molecule has 4 aromatic rings. The molecule has 2 heterocycles. The molecule has 4 heteroatoms. The lowest BCUT2D eigenvalue weighted by atomic mass is 10.1. The van der Waals surface area contributed by atoms with Crippen molar-refractivity contribution in [2.75, 3.05) is 0 Å². The van der Waals surface area contributed by atoms with Crippen LogP contribution in [0.15, 0.2) is 71.5 Å². The zero-order chi connectivity index (χ0) is 15.6. The number of aromatic nitrogens is 2. The molecule has 112 valence electrons. The van der Waals surface area contributed by atoms with Crippen LogP contribution in [0.4, 0.5) is 0 Å². The smallest absolute Gasteiger partial charge is 0.259 e. The number of H-pyrrole nitrogens is 1. The van der Waals surface area contributed by atoms with Crippen LogP contribution in [0.1, 0.15) is 11.4 Å². The third-order valence-electron chi connectivity index (χ3n) is 3.72. The molecule has 0 saturated carbocycles. The average molecular weight is 318 g/mol. The Balaban J connectivity index is 1.77. The van der Waals surface area contributed by atoms with Crippen LogP contribution in [0, 0.1) is 0 Å². The van der Waals surface area contributed by atoms with Gasteiger partial charge in [-0.1, -0.05) is 60.7 Å². The Morgan fingerprint density at radius 1 is 0.957 bits per heavy atom. The molecule has 0 aliphatic carbocycles. The normalized spacial score (nSPS) is 11.0. The summed E-state index contributed by atoms with van der Waals surface area (Å²) in [4.78, 5) is 21.7. The minimum absolute atomic E-state index is 0.0700. The van der Waals surface area contributed by atoms with E-state index in [1.165, 1.54) is 0 Å². The molecule has 0 unspecified atom stereocenters. The maximum atomic E-state index is 12.3. The Hall–Kier alpha value is -2.72. The van der Waals surface area contributed by atoms with Gasteiger partial charge in [0.2, 0.25) is 0 Å². The van der Waals surface area contributed by atoms with E-state index in [9.17, 15) is 4.79 Å². The van der Waals surface area contributed by atoms with Crippen molar-refractivity contribution in [3.8, 4) is 10.4 Å². The Labute approximate surface area is 137 Å². The van der Waals surface area contributed by atoms with Crippen molar-refractivity contribution in [2.24, 2.45) is 0 Å². The summed E-state index contributed by atoms with van der Waals surface area (Å²) in [7, 11) is 0. The zero-order valence-electron chi connectivity index (χ0n) is 12.3. The van der Waals surface area contributed by atoms with Gasteiger partial charge in [-0.15, -0.1) is 11.3 Å². The van der Waals surface area contributed by atoms with Gasteiger partial charge < -0.3 is 4.98 Å². The van der Waals surface area contributed by atoms with Crippen LogP contribution in [0.3, 0.4) is 0 Å². The third-order valence-corrected chi connectivity index (χ3v) is 4.80. The molecule has 1 N–H and O–H groups in total. The highest BCUT2D eigenvalue weighted by Crippen LogP contribution is 2.30. The lowest BCUT2D eigenvalue weighted by molar-refractivity contribution is 0.977. The number of fused-ring (bicyclic) bond motifs is 1. The predicted octanol–water partition coefficient (Wildman–Crippen LogP) is 4.24. The summed E-state index contributed by atoms with van der Waals surface area (Å²) in [6.45, 7) is 0. The second kappa shape index (κ2) is 5.82. The van der Waals surface area contributed by atoms with E-state index in [1.807, 2.05) is 66.7 Å². The molecule has 0 fully saturated rings. The first-order chi connectivity index (χ1) is 11.3. The molecule has 0 aliphatic rings. The van der Waals surface area contributed by atoms with Crippen LogP contribution >= 0.6 is 11.3 Å². The van der Waals surface area contributed by atoms with Crippen LogP contribution in [0.25, 0.3) is 20.7 Å². The van der Waals surface area contributed by atoms with E-state index in [4.69, 9.17) is 0 Å². The Kier molecular flexibility index (Phi) is 3.52. The maximum absolute atomic E-state index is 12.3. The number of nitrogens with one attached hydrogen (secondary N) is 1. The topological polar surface area (TPSA) is 45.8 Å². The fourth-order valence-corrected chi connectivity index (χ4v) is 3.65. The minimum Gasteiger partial charge on any atom is -0.310 e. The summed E-state index contributed by atoms with van der Waals surface area (Å²) in [5, 5.41) is 0.658. The molecular formula is C19H14N2OS. The van der Waals surface area contributed by atoms with Gasteiger partial charge in [0, 0.05) is 11.3 Å². The van der Waals surface area contributed by atoms with Gasteiger partial charge >= 0.3 is 0 Å². The first kappa shape index (κ1) is 13.9. The number of hydrogen-bond acceptors (Lipinski definition) is 3. The van der Waals surface area contributed by atoms with E-state index < -0.39 is 0 Å². The number of benzene rings is 2. The highest BCUT2D eigenvalue weighted by molar-refractivity contribution is 7.21. The van der Waals surface area contributed by atoms with Crippen molar-refractivity contribution in [3.63, 3.8) is 0 Å². The number of aromatic amines is 1. The number of thiophene rings is 1. The summed E-state index contributed by atoms with van der Waals surface area (Å²) < 4.78 is 0. The molecule has 0 amide bonds. The molecule has 0 radical (unpaired) electrons. The lowest BCUT2D eigenvalue weighted by Gasteiger charge is -2.00. The Bertz CT molecular complexity index is 1000. The molecular weight excluding hydrogens is 304 g/mol. The van der Waals surface area contributed by atoms with Gasteiger partial charge in [0.25, 0.3) is 5.56 Å². The van der Waals surface area contributed by atoms with Crippen LogP contribution < -0.4 is 5.56 Å². The maximum Gasteiger partial charge on any atom is 0.259 e. The predicted molar refractivity (Wildman–Crippen MR) is 94.9 cm³/mol. The van der Waals surface area contributed by atoms with Crippen molar-refractivity contribution in [3.05, 3.63) is 88.5 Å². The monoisotopic (exact) mass is 318 g/mol. The molecule has 23 heavy (non-hydrogen) atoms. The summed E-state index contributed by atoms with van der Waals surface area (Å²) in [5.74, 6) is 0.704. The molecule has 2 aromatic carbocycles.